The van der Waals surface area contributed by atoms with Crippen molar-refractivity contribution < 1.29 is 13.2 Å². The molecule has 0 radical (unpaired) electrons. The number of hydrogen-bond acceptors (Lipinski definition) is 6. The Labute approximate surface area is 175 Å². The molecule has 160 valence electrons. The minimum absolute atomic E-state index is 0.303. The molecule has 0 saturated carbocycles. The maximum absolute atomic E-state index is 14.1. The smallest absolute Gasteiger partial charge is 0.333 e. The van der Waals surface area contributed by atoms with Gasteiger partial charge in [0.1, 0.15) is 17.7 Å². The second-order valence-electron chi connectivity index (χ2n) is 7.29. The largest absolute Gasteiger partial charge is 0.364 e. The molecule has 0 aromatic carbocycles. The number of rotatable bonds is 5. The topological polar surface area (TPSA) is 85.0 Å². The predicted octanol–water partition coefficient (Wildman–Crippen LogP) is 3.16. The first-order valence-electron chi connectivity index (χ1n) is 9.85. The van der Waals surface area contributed by atoms with Crippen molar-refractivity contribution in [3.63, 3.8) is 0 Å². The lowest BCUT2D eigenvalue weighted by atomic mass is 10.1. The second kappa shape index (κ2) is 7.99. The molecule has 1 aliphatic heterocycles. The van der Waals surface area contributed by atoms with E-state index in [-0.39, 0.29) is 6.04 Å². The fourth-order valence-corrected chi connectivity index (χ4v) is 3.61. The predicted molar refractivity (Wildman–Crippen MR) is 108 cm³/mol. The number of nitrogens with zero attached hydrogens (tertiary/aromatic N) is 6. The maximum atomic E-state index is 14.1. The summed E-state index contributed by atoms with van der Waals surface area (Å²) >= 11 is 0. The Kier molecular flexibility index (Phi) is 5.02. The van der Waals surface area contributed by atoms with Gasteiger partial charge in [-0.05, 0) is 37.2 Å². The van der Waals surface area contributed by atoms with Crippen LogP contribution in [0.25, 0.3) is 28.3 Å². The molecule has 4 aromatic heterocycles. The van der Waals surface area contributed by atoms with Crippen molar-refractivity contribution in [1.29, 1.82) is 0 Å². The Balaban J connectivity index is 1.47. The van der Waals surface area contributed by atoms with Gasteiger partial charge in [0, 0.05) is 18.3 Å². The molecular weight excluding hydrogens is 409 g/mol. The Bertz CT molecular complexity index is 1200. The fraction of sp³-hybridized carbons (Fsp3) is 0.300. The van der Waals surface area contributed by atoms with Gasteiger partial charge < -0.3 is 10.6 Å². The van der Waals surface area contributed by atoms with E-state index < -0.39 is 12.7 Å². The first-order chi connectivity index (χ1) is 15.1. The molecule has 0 spiro atoms. The number of piperidine rings is 1. The molecule has 2 N–H and O–H groups in total. The minimum Gasteiger partial charge on any atom is -0.364 e. The molecule has 5 rings (SSSR count). The normalized spacial score (nSPS) is 19.2. The third-order valence-electron chi connectivity index (χ3n) is 5.21. The lowest BCUT2D eigenvalue weighted by Gasteiger charge is -2.27. The van der Waals surface area contributed by atoms with E-state index in [0.29, 0.717) is 51.8 Å². The molecule has 0 bridgehead atoms. The molecule has 1 saturated heterocycles. The maximum Gasteiger partial charge on any atom is 0.333 e. The summed E-state index contributed by atoms with van der Waals surface area (Å²) in [6, 6.07) is 8.57. The zero-order valence-corrected chi connectivity index (χ0v) is 16.3. The lowest BCUT2D eigenvalue weighted by molar-refractivity contribution is 0.0566. The van der Waals surface area contributed by atoms with Gasteiger partial charge in [0.05, 0.1) is 29.8 Å². The summed E-state index contributed by atoms with van der Waals surface area (Å²) in [5.41, 5.74) is 2.76. The van der Waals surface area contributed by atoms with Crippen LogP contribution < -0.4 is 10.6 Å². The van der Waals surface area contributed by atoms with Crippen molar-refractivity contribution in [2.24, 2.45) is 0 Å². The summed E-state index contributed by atoms with van der Waals surface area (Å²) in [6.45, 7) is -1.65. The molecule has 0 unspecified atom stereocenters. The van der Waals surface area contributed by atoms with E-state index >= 15 is 0 Å². The van der Waals surface area contributed by atoms with Gasteiger partial charge in [-0.15, -0.1) is 0 Å². The van der Waals surface area contributed by atoms with Crippen molar-refractivity contribution in [1.82, 2.24) is 34.7 Å². The second-order valence-corrected chi connectivity index (χ2v) is 7.29. The third-order valence-corrected chi connectivity index (χ3v) is 5.21. The van der Waals surface area contributed by atoms with Crippen molar-refractivity contribution >= 4 is 11.5 Å². The van der Waals surface area contributed by atoms with Crippen LogP contribution in [0.3, 0.4) is 0 Å². The van der Waals surface area contributed by atoms with Crippen molar-refractivity contribution in [3.05, 3.63) is 48.9 Å². The van der Waals surface area contributed by atoms with Gasteiger partial charge in [-0.3, -0.25) is 0 Å². The van der Waals surface area contributed by atoms with Gasteiger partial charge in [0.15, 0.2) is 5.65 Å². The number of aromatic nitrogens is 6. The van der Waals surface area contributed by atoms with Gasteiger partial charge in [0.2, 0.25) is 0 Å². The minimum atomic E-state index is -2.72. The van der Waals surface area contributed by atoms with E-state index in [1.807, 2.05) is 12.1 Å². The highest BCUT2D eigenvalue weighted by atomic mass is 19.3. The molecule has 2 atom stereocenters. The summed E-state index contributed by atoms with van der Waals surface area (Å²) in [4.78, 5) is 8.96. The number of hydrogen-bond donors (Lipinski definition) is 2. The SMILES string of the molecule is FC(F)n1cc(-c2ccc3ncc(-c4cccc(N[C@H]5CCNC[C@@H]5F)n4)n3n2)cn1. The van der Waals surface area contributed by atoms with Crippen LogP contribution in [0.5, 0.6) is 0 Å². The summed E-state index contributed by atoms with van der Waals surface area (Å²) in [5.74, 6) is 0.566. The highest BCUT2D eigenvalue weighted by molar-refractivity contribution is 5.64. The lowest BCUT2D eigenvalue weighted by Crippen LogP contribution is -2.45. The number of imidazole rings is 1. The quantitative estimate of drug-likeness (QED) is 0.508. The van der Waals surface area contributed by atoms with Crippen molar-refractivity contribution in [2.75, 3.05) is 18.4 Å². The summed E-state index contributed by atoms with van der Waals surface area (Å²) in [5, 5.41) is 14.4. The molecule has 0 amide bonds. The van der Waals surface area contributed by atoms with Crippen LogP contribution >= 0.6 is 0 Å². The van der Waals surface area contributed by atoms with Crippen LogP contribution in [0.1, 0.15) is 13.0 Å². The highest BCUT2D eigenvalue weighted by Gasteiger charge is 2.24. The third kappa shape index (κ3) is 3.83. The average molecular weight is 428 g/mol. The van der Waals surface area contributed by atoms with E-state index in [1.165, 1.54) is 12.4 Å². The van der Waals surface area contributed by atoms with Gasteiger partial charge >= 0.3 is 6.55 Å². The zero-order valence-electron chi connectivity index (χ0n) is 16.3. The fourth-order valence-electron chi connectivity index (χ4n) is 3.61. The molecular formula is C20H19F3N8. The van der Waals surface area contributed by atoms with Gasteiger partial charge in [0.25, 0.3) is 0 Å². The summed E-state index contributed by atoms with van der Waals surface area (Å²) in [6.07, 6.45) is 3.90. The van der Waals surface area contributed by atoms with Crippen LogP contribution in [0.2, 0.25) is 0 Å². The molecule has 8 nitrogen and oxygen atoms in total. The Morgan fingerprint density at radius 3 is 2.84 bits per heavy atom. The van der Waals surface area contributed by atoms with Gasteiger partial charge in [-0.25, -0.2) is 23.6 Å². The Hall–Kier alpha value is -3.47. The number of pyridine rings is 1. The van der Waals surface area contributed by atoms with Crippen LogP contribution in [0.15, 0.2) is 48.9 Å². The van der Waals surface area contributed by atoms with Crippen molar-refractivity contribution in [3.8, 4) is 22.6 Å². The van der Waals surface area contributed by atoms with E-state index in [0.717, 1.165) is 6.54 Å². The van der Waals surface area contributed by atoms with E-state index in [1.54, 1.807) is 28.9 Å². The first kappa shape index (κ1) is 19.5. The number of alkyl halides is 3. The Morgan fingerprint density at radius 1 is 1.13 bits per heavy atom. The zero-order chi connectivity index (χ0) is 21.4. The number of halogens is 3. The summed E-state index contributed by atoms with van der Waals surface area (Å²) < 4.78 is 42.0. The van der Waals surface area contributed by atoms with Gasteiger partial charge in [-0.2, -0.15) is 19.0 Å². The standard InChI is InChI=1S/C20H19F3N8/c21-13-9-24-7-6-15(13)27-18-3-1-2-16(28-18)17-10-25-19-5-4-14(29-31(17)19)12-8-26-30(11-12)20(22)23/h1-5,8,10-11,13,15,20,24H,6-7,9H2,(H,27,28)/t13-,15-/m0/s1. The van der Waals surface area contributed by atoms with E-state index in [4.69, 9.17) is 0 Å². The summed E-state index contributed by atoms with van der Waals surface area (Å²) in [7, 11) is 0. The van der Waals surface area contributed by atoms with E-state index in [2.05, 4.69) is 30.8 Å². The Morgan fingerprint density at radius 2 is 2.03 bits per heavy atom. The molecule has 4 aromatic rings. The van der Waals surface area contributed by atoms with Crippen LogP contribution in [-0.2, 0) is 0 Å². The first-order valence-corrected chi connectivity index (χ1v) is 9.85. The van der Waals surface area contributed by atoms with Crippen LogP contribution in [0.4, 0.5) is 19.0 Å². The number of anilines is 1. The highest BCUT2D eigenvalue weighted by Crippen LogP contribution is 2.24. The molecule has 1 aliphatic rings. The molecule has 11 heteroatoms. The average Bonchev–Trinajstić information content (AvgIpc) is 3.43. The van der Waals surface area contributed by atoms with Gasteiger partial charge in [-0.1, -0.05) is 6.07 Å². The molecule has 5 heterocycles. The van der Waals surface area contributed by atoms with E-state index in [9.17, 15) is 13.2 Å². The van der Waals surface area contributed by atoms with Crippen LogP contribution in [-0.4, -0.2) is 54.7 Å². The molecule has 31 heavy (non-hydrogen) atoms. The number of nitrogens with one attached hydrogen (secondary N) is 2. The molecule has 1 fully saturated rings. The van der Waals surface area contributed by atoms with Crippen molar-refractivity contribution in [2.45, 2.75) is 25.2 Å². The number of fused-ring (bicyclic) bond motifs is 1. The van der Waals surface area contributed by atoms with Crippen LogP contribution in [0, 0.1) is 0 Å². The molecule has 0 aliphatic carbocycles. The monoisotopic (exact) mass is 428 g/mol.